The zero-order chi connectivity index (χ0) is 34.7. The molecule has 2 fully saturated rings. The van der Waals surface area contributed by atoms with Crippen LogP contribution in [0.4, 0.5) is 17.6 Å². The molecule has 4 N–H and O–H groups in total. The molecule has 6 aliphatic rings. The van der Waals surface area contributed by atoms with Gasteiger partial charge in [0.15, 0.2) is 0 Å². The number of nitrogens with one attached hydrogen (secondary N) is 3. The summed E-state index contributed by atoms with van der Waals surface area (Å²) in [6.07, 6.45) is 7.80. The minimum atomic E-state index is -2.35. The largest absolute Gasteiger partial charge is 0.495 e. The number of rotatable bonds is 9. The van der Waals surface area contributed by atoms with E-state index in [1.54, 1.807) is 6.08 Å². The number of H-pyrrole nitrogens is 2. The number of dihydropyridines is 1. The van der Waals surface area contributed by atoms with Crippen LogP contribution >= 0.6 is 0 Å². The van der Waals surface area contributed by atoms with Crippen LogP contribution < -0.4 is 5.32 Å². The first kappa shape index (κ1) is 33.3. The lowest BCUT2D eigenvalue weighted by Crippen LogP contribution is -2.41. The number of aromatic amines is 2. The maximum Gasteiger partial charge on any atom is 0.264 e. The first-order valence-corrected chi connectivity index (χ1v) is 17.8. The van der Waals surface area contributed by atoms with Crippen molar-refractivity contribution in [3.8, 4) is 0 Å². The van der Waals surface area contributed by atoms with Crippen molar-refractivity contribution >= 4 is 22.6 Å². The number of aliphatic hydroxyl groups excluding tert-OH is 1. The highest BCUT2D eigenvalue weighted by molar-refractivity contribution is 5.99. The van der Waals surface area contributed by atoms with Crippen molar-refractivity contribution in [1.29, 1.82) is 0 Å². The van der Waals surface area contributed by atoms with E-state index in [1.165, 1.54) is 11.0 Å². The highest BCUT2D eigenvalue weighted by Gasteiger charge is 2.43. The van der Waals surface area contributed by atoms with Crippen molar-refractivity contribution in [2.45, 2.75) is 57.3 Å². The van der Waals surface area contributed by atoms with Gasteiger partial charge >= 0.3 is 0 Å². The van der Waals surface area contributed by atoms with Crippen molar-refractivity contribution < 1.29 is 32.2 Å². The second-order valence-electron chi connectivity index (χ2n) is 14.5. The summed E-state index contributed by atoms with van der Waals surface area (Å²) >= 11 is 0. The number of ether oxygens (including phenoxy) is 1. The van der Waals surface area contributed by atoms with Crippen LogP contribution in [0, 0.1) is 17.8 Å². The average molecular weight is 697 g/mol. The molecule has 3 aliphatic carbocycles. The molecular weight excluding hydrogens is 652 g/mol. The number of alkyl halides is 3. The summed E-state index contributed by atoms with van der Waals surface area (Å²) in [4.78, 5) is 26.1. The number of hydrogen-bond donors (Lipinski definition) is 4. The molecule has 2 aromatic heterocycles. The summed E-state index contributed by atoms with van der Waals surface area (Å²) in [5, 5.41) is 15.1. The van der Waals surface area contributed by atoms with Crippen LogP contribution in [0.5, 0.6) is 0 Å². The van der Waals surface area contributed by atoms with Gasteiger partial charge in [-0.1, -0.05) is 6.08 Å². The molecule has 268 valence electrons. The van der Waals surface area contributed by atoms with Crippen molar-refractivity contribution in [2.75, 3.05) is 52.5 Å². The Morgan fingerprint density at radius 3 is 2.68 bits per heavy atom. The molecule has 9 nitrogen and oxygen atoms in total. The van der Waals surface area contributed by atoms with Crippen LogP contribution in [0.1, 0.15) is 49.8 Å². The SMILES string of the molecule is C[C@@H]1N(CC2=CC=C(c3cc4c(C5CC(F)C=C(N6CCOC7=C(C6=O)C(F)=CC(C6CC6)C7)C5CO)c[nH]c4[nH]3)NC2)CCN1CC(F)F. The summed E-state index contributed by atoms with van der Waals surface area (Å²) in [5.41, 5.74) is 4.75. The predicted octanol–water partition coefficient (Wildman–Crippen LogP) is 5.31. The van der Waals surface area contributed by atoms with Crippen LogP contribution in [0.3, 0.4) is 0 Å². The van der Waals surface area contributed by atoms with Gasteiger partial charge in [-0.15, -0.1) is 0 Å². The molecule has 4 unspecified atom stereocenters. The molecule has 5 atom stereocenters. The highest BCUT2D eigenvalue weighted by Crippen LogP contribution is 2.47. The summed E-state index contributed by atoms with van der Waals surface area (Å²) < 4.78 is 62.9. The van der Waals surface area contributed by atoms with E-state index in [-0.39, 0.29) is 50.4 Å². The number of nitrogens with zero attached hydrogens (tertiary/aromatic N) is 3. The first-order valence-electron chi connectivity index (χ1n) is 17.8. The smallest absolute Gasteiger partial charge is 0.264 e. The predicted molar refractivity (Wildman–Crippen MR) is 181 cm³/mol. The molecule has 3 aliphatic heterocycles. The Hall–Kier alpha value is -3.81. The van der Waals surface area contributed by atoms with Gasteiger partial charge in [0.05, 0.1) is 37.3 Å². The lowest BCUT2D eigenvalue weighted by molar-refractivity contribution is -0.125. The minimum absolute atomic E-state index is 0.0267. The molecule has 50 heavy (non-hydrogen) atoms. The van der Waals surface area contributed by atoms with Crippen LogP contribution in [-0.2, 0) is 9.53 Å². The Labute approximate surface area is 288 Å². The maximum atomic E-state index is 15.6. The maximum absolute atomic E-state index is 15.6. The molecular formula is C37H44F4N6O3. The molecule has 0 aromatic carbocycles. The Morgan fingerprint density at radius 2 is 1.94 bits per heavy atom. The van der Waals surface area contributed by atoms with Gasteiger partial charge < -0.3 is 30.0 Å². The van der Waals surface area contributed by atoms with Gasteiger partial charge in [-0.2, -0.15) is 0 Å². The second-order valence-corrected chi connectivity index (χ2v) is 14.5. The van der Waals surface area contributed by atoms with Gasteiger partial charge in [0, 0.05) is 55.8 Å². The molecule has 5 heterocycles. The zero-order valence-electron chi connectivity index (χ0n) is 28.1. The quantitative estimate of drug-likeness (QED) is 0.266. The van der Waals surface area contributed by atoms with Crippen LogP contribution in [0.2, 0.25) is 0 Å². The van der Waals surface area contributed by atoms with E-state index in [1.807, 2.05) is 30.2 Å². The first-order chi connectivity index (χ1) is 24.2. The lowest BCUT2D eigenvalue weighted by Gasteiger charge is -2.38. The number of aliphatic hydroxyl groups is 1. The third-order valence-electron chi connectivity index (χ3n) is 11.5. The number of allylic oxidation sites excluding steroid dienone is 5. The monoisotopic (exact) mass is 696 g/mol. The van der Waals surface area contributed by atoms with Gasteiger partial charge in [0.1, 0.15) is 35.6 Å². The van der Waals surface area contributed by atoms with E-state index in [4.69, 9.17) is 4.74 Å². The topological polar surface area (TPSA) is 99.9 Å². The van der Waals surface area contributed by atoms with Crippen molar-refractivity contribution in [1.82, 2.24) is 30.0 Å². The Morgan fingerprint density at radius 1 is 1.12 bits per heavy atom. The molecule has 1 saturated carbocycles. The van der Waals surface area contributed by atoms with E-state index in [2.05, 4.69) is 26.3 Å². The fourth-order valence-electron chi connectivity index (χ4n) is 8.60. The van der Waals surface area contributed by atoms with Crippen LogP contribution in [0.25, 0.3) is 16.7 Å². The standard InChI is InChI=1S/C37H44F4N6O3/c1-20-45(6-7-46(20)18-34(40)41)17-21-2-5-30(42-15-21)31-14-26-27(16-43-36(26)44-31)25-12-24(38)13-32(28(25)19-48)47-8-9-50-33-11-23(22-3-4-22)10-29(39)35(33)37(47)49/h2,5,10,13-14,16,20,22-25,28,34,42-44,48H,3-4,6-9,11-12,15,17-19H2,1H3/t20-,23?,24?,25?,28?/m1/s1. The fourth-order valence-corrected chi connectivity index (χ4v) is 8.60. The molecule has 1 saturated heterocycles. The lowest BCUT2D eigenvalue weighted by atomic mass is 9.76. The summed E-state index contributed by atoms with van der Waals surface area (Å²) in [7, 11) is 0. The highest BCUT2D eigenvalue weighted by atomic mass is 19.3. The van der Waals surface area contributed by atoms with Crippen molar-refractivity contribution in [2.24, 2.45) is 17.8 Å². The van der Waals surface area contributed by atoms with Gasteiger partial charge in [-0.3, -0.25) is 14.6 Å². The normalized spacial score (nSPS) is 29.8. The second kappa shape index (κ2) is 13.4. The number of hydrogen-bond acceptors (Lipinski definition) is 6. The van der Waals surface area contributed by atoms with E-state index >= 15 is 8.78 Å². The van der Waals surface area contributed by atoms with Gasteiger partial charge in [0.25, 0.3) is 12.3 Å². The Bertz CT molecular complexity index is 1800. The van der Waals surface area contributed by atoms with E-state index in [9.17, 15) is 18.7 Å². The average Bonchev–Trinajstić information content (AvgIpc) is 3.68. The number of fused-ring (bicyclic) bond motifs is 1. The van der Waals surface area contributed by atoms with Crippen LogP contribution in [-0.4, -0.2) is 107 Å². The minimum Gasteiger partial charge on any atom is -0.495 e. The molecule has 1 amide bonds. The Kier molecular flexibility index (Phi) is 8.93. The number of amides is 1. The van der Waals surface area contributed by atoms with Gasteiger partial charge in [-0.25, -0.2) is 17.6 Å². The summed E-state index contributed by atoms with van der Waals surface area (Å²) in [6.45, 7) is 4.39. The fraction of sp³-hybridized carbons (Fsp3) is 0.541. The Balaban J connectivity index is 1.01. The van der Waals surface area contributed by atoms with Crippen LogP contribution in [0.15, 0.2) is 65.0 Å². The van der Waals surface area contributed by atoms with Crippen molar-refractivity contribution in [3.63, 3.8) is 0 Å². The molecule has 2 aromatic rings. The third kappa shape index (κ3) is 6.21. The molecule has 0 spiro atoms. The number of carbonyl (C=O) groups excluding carboxylic acids is 1. The number of aromatic nitrogens is 2. The van der Waals surface area contributed by atoms with E-state index < -0.39 is 36.2 Å². The van der Waals surface area contributed by atoms with Gasteiger partial charge in [-0.05, 0) is 79.4 Å². The molecule has 0 bridgehead atoms. The van der Waals surface area contributed by atoms with Crippen molar-refractivity contribution in [3.05, 3.63) is 76.3 Å². The molecule has 0 radical (unpaired) electrons. The third-order valence-corrected chi connectivity index (χ3v) is 11.5. The number of halogens is 4. The zero-order valence-corrected chi connectivity index (χ0v) is 28.1. The molecule has 8 rings (SSSR count). The molecule has 13 heteroatoms. The van der Waals surface area contributed by atoms with E-state index in [0.29, 0.717) is 43.4 Å². The van der Waals surface area contributed by atoms with Gasteiger partial charge in [0.2, 0.25) is 0 Å². The summed E-state index contributed by atoms with van der Waals surface area (Å²) in [6, 6.07) is 2.00. The van der Waals surface area contributed by atoms with E-state index in [0.717, 1.165) is 52.9 Å². The number of carbonyl (C=O) groups is 1. The summed E-state index contributed by atoms with van der Waals surface area (Å²) in [5.74, 6) is -1.34.